The highest BCUT2D eigenvalue weighted by Crippen LogP contribution is 2.54. The van der Waals surface area contributed by atoms with Gasteiger partial charge in [-0.15, -0.1) is 10.5 Å². The van der Waals surface area contributed by atoms with Crippen molar-refractivity contribution in [3.05, 3.63) is 118 Å². The number of nitrogens with zero attached hydrogens (tertiary/aromatic N) is 2. The normalized spacial score (nSPS) is 17.5. The van der Waals surface area contributed by atoms with Crippen LogP contribution >= 0.6 is 0 Å². The van der Waals surface area contributed by atoms with Gasteiger partial charge in [0.1, 0.15) is 11.5 Å². The highest BCUT2D eigenvalue weighted by molar-refractivity contribution is 6.22. The van der Waals surface area contributed by atoms with Crippen molar-refractivity contribution in [2.75, 3.05) is 0 Å². The quantitative estimate of drug-likeness (QED) is 0.415. The molecule has 2 amide bonds. The number of allylic oxidation sites excluding steroid dienone is 1. The maximum atomic E-state index is 13.2. The highest BCUT2D eigenvalue weighted by atomic mass is 16.5. The SMILES string of the molecule is Cc1cc(C2(c3ccc(OC#N)c(C)c3)C=CC3=C(C(=O)NC3=O)C2c2ccccc2)ccc1OC#N. The maximum Gasteiger partial charge on any atom is 0.292 e. The molecule has 2 aliphatic rings. The van der Waals surface area contributed by atoms with Crippen molar-refractivity contribution in [1.29, 1.82) is 10.5 Å². The fourth-order valence-corrected chi connectivity index (χ4v) is 5.38. The standard InChI is InChI=1S/C30H21N3O4/c1-18-14-21(8-10-24(18)36-16-31)30(22-9-11-25(37-17-32)19(2)15-22)13-12-23-26(29(35)33-28(23)34)27(30)20-6-4-3-5-7-20/h3-15,27H,1-2H3,(H,33,34,35). The molecule has 0 fully saturated rings. The molecule has 37 heavy (non-hydrogen) atoms. The molecule has 1 aliphatic heterocycles. The van der Waals surface area contributed by atoms with Crippen molar-refractivity contribution in [3.63, 3.8) is 0 Å². The lowest BCUT2D eigenvalue weighted by atomic mass is 9.58. The van der Waals surface area contributed by atoms with Crippen LogP contribution in [-0.2, 0) is 15.0 Å². The van der Waals surface area contributed by atoms with Gasteiger partial charge in [-0.3, -0.25) is 14.9 Å². The van der Waals surface area contributed by atoms with Gasteiger partial charge in [0.05, 0.1) is 0 Å². The van der Waals surface area contributed by atoms with Crippen LogP contribution in [0.1, 0.15) is 33.7 Å². The van der Waals surface area contributed by atoms with Crippen molar-refractivity contribution in [2.45, 2.75) is 25.2 Å². The third-order valence-corrected chi connectivity index (χ3v) is 7.01. The molecule has 3 aromatic carbocycles. The molecule has 1 heterocycles. The van der Waals surface area contributed by atoms with E-state index in [0.717, 1.165) is 27.8 Å². The molecule has 0 aromatic heterocycles. The lowest BCUT2D eigenvalue weighted by Crippen LogP contribution is -2.38. The van der Waals surface area contributed by atoms with Gasteiger partial charge in [-0.1, -0.05) is 66.7 Å². The topological polar surface area (TPSA) is 112 Å². The molecule has 0 saturated carbocycles. The molecule has 180 valence electrons. The summed E-state index contributed by atoms with van der Waals surface area (Å²) in [7, 11) is 0. The van der Waals surface area contributed by atoms with E-state index in [4.69, 9.17) is 20.0 Å². The fraction of sp³-hybridized carbons (Fsp3) is 0.133. The first kappa shape index (κ1) is 23.6. The van der Waals surface area contributed by atoms with Crippen LogP contribution in [0.2, 0.25) is 0 Å². The van der Waals surface area contributed by atoms with E-state index >= 15 is 0 Å². The van der Waals surface area contributed by atoms with Crippen LogP contribution in [0, 0.1) is 36.9 Å². The average Bonchev–Trinajstić information content (AvgIpc) is 3.19. The Bertz CT molecular complexity index is 1520. The van der Waals surface area contributed by atoms with Gasteiger partial charge < -0.3 is 9.47 Å². The Hall–Kier alpha value is -5.14. The number of hydrogen-bond donors (Lipinski definition) is 1. The molecule has 1 aliphatic carbocycles. The third kappa shape index (κ3) is 3.74. The molecule has 1 N–H and O–H groups in total. The Kier molecular flexibility index (Phi) is 5.83. The second-order valence-electron chi connectivity index (χ2n) is 9.00. The van der Waals surface area contributed by atoms with E-state index in [1.54, 1.807) is 30.7 Å². The molecule has 0 saturated heterocycles. The summed E-state index contributed by atoms with van der Waals surface area (Å²) in [6, 6.07) is 20.7. The van der Waals surface area contributed by atoms with Crippen molar-refractivity contribution < 1.29 is 19.1 Å². The zero-order chi connectivity index (χ0) is 26.2. The van der Waals surface area contributed by atoms with Crippen LogP contribution < -0.4 is 14.8 Å². The Morgan fingerprint density at radius 2 is 1.38 bits per heavy atom. The first-order valence-electron chi connectivity index (χ1n) is 11.6. The number of benzene rings is 3. The van der Waals surface area contributed by atoms with E-state index in [9.17, 15) is 9.59 Å². The van der Waals surface area contributed by atoms with Crippen molar-refractivity contribution in [1.82, 2.24) is 5.32 Å². The number of hydrogen-bond acceptors (Lipinski definition) is 6. The van der Waals surface area contributed by atoms with E-state index in [1.165, 1.54) is 0 Å². The van der Waals surface area contributed by atoms with Crippen molar-refractivity contribution >= 4 is 11.8 Å². The Morgan fingerprint density at radius 3 is 1.89 bits per heavy atom. The number of imide groups is 1. The predicted octanol–water partition coefficient (Wildman–Crippen LogP) is 4.62. The van der Waals surface area contributed by atoms with Crippen molar-refractivity contribution in [2.24, 2.45) is 0 Å². The molecule has 0 bridgehead atoms. The number of carbonyl (C=O) groups excluding carboxylic acids is 2. The number of ether oxygens (including phenoxy) is 2. The smallest absolute Gasteiger partial charge is 0.292 e. The first-order valence-corrected chi connectivity index (χ1v) is 11.6. The molecule has 7 heteroatoms. The summed E-state index contributed by atoms with van der Waals surface area (Å²) >= 11 is 0. The molecule has 7 nitrogen and oxygen atoms in total. The van der Waals surface area contributed by atoms with E-state index in [-0.39, 0.29) is 0 Å². The minimum absolute atomic E-state index is 0.344. The maximum absolute atomic E-state index is 13.2. The van der Waals surface area contributed by atoms with Gasteiger partial charge in [-0.05, 0) is 53.8 Å². The van der Waals surface area contributed by atoms with Gasteiger partial charge in [0, 0.05) is 22.5 Å². The fourth-order valence-electron chi connectivity index (χ4n) is 5.38. The van der Waals surface area contributed by atoms with E-state index < -0.39 is 23.1 Å². The van der Waals surface area contributed by atoms with Gasteiger partial charge in [0.2, 0.25) is 0 Å². The van der Waals surface area contributed by atoms with E-state index in [1.807, 2.05) is 74.5 Å². The van der Waals surface area contributed by atoms with Crippen LogP contribution in [0.15, 0.2) is 90.0 Å². The number of amides is 2. The van der Waals surface area contributed by atoms with Crippen LogP contribution in [0.3, 0.4) is 0 Å². The van der Waals surface area contributed by atoms with Crippen LogP contribution in [0.25, 0.3) is 0 Å². The molecular weight excluding hydrogens is 466 g/mol. The van der Waals surface area contributed by atoms with Crippen LogP contribution in [-0.4, -0.2) is 11.8 Å². The van der Waals surface area contributed by atoms with E-state index in [0.29, 0.717) is 22.6 Å². The van der Waals surface area contributed by atoms with Gasteiger partial charge in [0.15, 0.2) is 0 Å². The Labute approximate surface area is 213 Å². The largest absolute Gasteiger partial charge is 0.388 e. The minimum atomic E-state index is -0.923. The summed E-state index contributed by atoms with van der Waals surface area (Å²) in [6.07, 6.45) is 7.09. The molecule has 0 spiro atoms. The molecule has 1 unspecified atom stereocenters. The summed E-state index contributed by atoms with van der Waals surface area (Å²) in [5, 5.41) is 20.5. The molecule has 1 atom stereocenters. The van der Waals surface area contributed by atoms with Crippen LogP contribution in [0.4, 0.5) is 0 Å². The minimum Gasteiger partial charge on any atom is -0.388 e. The van der Waals surface area contributed by atoms with Gasteiger partial charge in [-0.25, -0.2) is 0 Å². The van der Waals surface area contributed by atoms with Crippen LogP contribution in [0.5, 0.6) is 11.5 Å². The zero-order valence-corrected chi connectivity index (χ0v) is 20.1. The number of carbonyl (C=O) groups is 2. The monoisotopic (exact) mass is 487 g/mol. The average molecular weight is 488 g/mol. The summed E-state index contributed by atoms with van der Waals surface area (Å²) in [5.41, 5.74) is 3.83. The zero-order valence-electron chi connectivity index (χ0n) is 20.1. The summed E-state index contributed by atoms with van der Waals surface area (Å²) in [4.78, 5) is 25.9. The summed E-state index contributed by atoms with van der Waals surface area (Å²) in [5.74, 6) is -0.539. The predicted molar refractivity (Wildman–Crippen MR) is 134 cm³/mol. The van der Waals surface area contributed by atoms with Crippen molar-refractivity contribution in [3.8, 4) is 24.0 Å². The number of nitriles is 2. The number of aryl methyl sites for hydroxylation is 2. The van der Waals surface area contributed by atoms with E-state index in [2.05, 4.69) is 5.32 Å². The highest BCUT2D eigenvalue weighted by Gasteiger charge is 2.50. The summed E-state index contributed by atoms with van der Waals surface area (Å²) in [6.45, 7) is 3.69. The molecule has 0 radical (unpaired) electrons. The second-order valence-corrected chi connectivity index (χ2v) is 9.00. The lowest BCUT2D eigenvalue weighted by Gasteiger charge is -2.43. The van der Waals surface area contributed by atoms with Gasteiger partial charge >= 0.3 is 0 Å². The number of nitrogens with one attached hydrogen (secondary N) is 1. The number of rotatable bonds is 5. The Balaban J connectivity index is 1.85. The van der Waals surface area contributed by atoms with Gasteiger partial charge in [0.25, 0.3) is 24.3 Å². The Morgan fingerprint density at radius 1 is 0.811 bits per heavy atom. The third-order valence-electron chi connectivity index (χ3n) is 7.01. The molecule has 3 aromatic rings. The molecular formula is C30H21N3O4. The lowest BCUT2D eigenvalue weighted by molar-refractivity contribution is -0.124. The summed E-state index contributed by atoms with van der Waals surface area (Å²) < 4.78 is 10.2. The van der Waals surface area contributed by atoms with Gasteiger partial charge in [-0.2, -0.15) is 0 Å². The first-order chi connectivity index (χ1) is 17.9. The second kappa shape index (κ2) is 9.14. The molecule has 5 rings (SSSR count).